The number of fused-ring (bicyclic) bond motifs is 1. The van der Waals surface area contributed by atoms with Crippen LogP contribution in [0.3, 0.4) is 0 Å². The molecule has 9 nitrogen and oxygen atoms in total. The Morgan fingerprint density at radius 1 is 0.977 bits per heavy atom. The van der Waals surface area contributed by atoms with Gasteiger partial charge in [-0.3, -0.25) is 9.69 Å². The Kier molecular flexibility index (Phi) is 8.62. The zero-order chi connectivity index (χ0) is 31.0. The maximum absolute atomic E-state index is 13.6. The van der Waals surface area contributed by atoms with Gasteiger partial charge in [0.1, 0.15) is 5.69 Å². The summed E-state index contributed by atoms with van der Waals surface area (Å²) in [6.45, 7) is 13.7. The topological polar surface area (TPSA) is 89.8 Å². The van der Waals surface area contributed by atoms with Crippen molar-refractivity contribution in [3.05, 3.63) is 88.3 Å². The van der Waals surface area contributed by atoms with Crippen LogP contribution >= 0.6 is 11.6 Å². The first-order chi connectivity index (χ1) is 21.2. The molecule has 1 atom stereocenters. The second-order valence-electron chi connectivity index (χ2n) is 12.0. The van der Waals surface area contributed by atoms with E-state index in [2.05, 4.69) is 59.1 Å². The molecule has 0 bridgehead atoms. The molecule has 2 aromatic carbocycles. The summed E-state index contributed by atoms with van der Waals surface area (Å²) in [5.74, 6) is 0.373. The number of hydrogen-bond donors (Lipinski definition) is 2. The van der Waals surface area contributed by atoms with Crippen molar-refractivity contribution in [2.75, 3.05) is 49.5 Å². The van der Waals surface area contributed by atoms with Crippen LogP contribution in [0.5, 0.6) is 0 Å². The van der Waals surface area contributed by atoms with Gasteiger partial charge in [0.25, 0.3) is 5.91 Å². The summed E-state index contributed by atoms with van der Waals surface area (Å²) in [6, 6.07) is 15.8. The molecule has 0 radical (unpaired) electrons. The molecule has 4 heterocycles. The maximum Gasteiger partial charge on any atom is 0.271 e. The van der Waals surface area contributed by atoms with Crippen molar-refractivity contribution in [1.82, 2.24) is 24.3 Å². The predicted octanol–water partition coefficient (Wildman–Crippen LogP) is 5.68. The molecule has 2 N–H and O–H groups in total. The fourth-order valence-corrected chi connectivity index (χ4v) is 6.46. The second kappa shape index (κ2) is 12.6. The van der Waals surface area contributed by atoms with Crippen molar-refractivity contribution < 1.29 is 9.90 Å². The molecule has 0 unspecified atom stereocenters. The van der Waals surface area contributed by atoms with Gasteiger partial charge in [0.2, 0.25) is 5.95 Å². The molecular weight excluding hydrogens is 574 g/mol. The number of anilines is 3. The lowest BCUT2D eigenvalue weighted by Gasteiger charge is -2.38. The number of amides is 1. The molecular formula is C34H40ClN7O2. The highest BCUT2D eigenvalue weighted by Crippen LogP contribution is 2.32. The van der Waals surface area contributed by atoms with Crippen LogP contribution in [-0.4, -0.2) is 80.7 Å². The highest BCUT2D eigenvalue weighted by atomic mass is 35.5. The van der Waals surface area contributed by atoms with Crippen LogP contribution in [0.1, 0.15) is 47.1 Å². The van der Waals surface area contributed by atoms with E-state index in [1.54, 1.807) is 17.0 Å². The number of nitrogens with zero attached hydrogens (tertiary/aromatic N) is 6. The Balaban J connectivity index is 1.20. The normalized spacial score (nSPS) is 16.4. The molecule has 10 heteroatoms. The van der Waals surface area contributed by atoms with Gasteiger partial charge in [-0.25, -0.2) is 9.97 Å². The van der Waals surface area contributed by atoms with E-state index < -0.39 is 6.04 Å². The quantitative estimate of drug-likeness (QED) is 0.264. The molecule has 2 aliphatic heterocycles. The van der Waals surface area contributed by atoms with Crippen LogP contribution in [0.25, 0.3) is 11.3 Å². The number of aromatic nitrogens is 3. The van der Waals surface area contributed by atoms with Crippen LogP contribution in [0.2, 0.25) is 5.02 Å². The number of nitrogens with one attached hydrogen (secondary N) is 1. The van der Waals surface area contributed by atoms with E-state index >= 15 is 0 Å². The van der Waals surface area contributed by atoms with E-state index in [1.165, 1.54) is 5.69 Å². The smallest absolute Gasteiger partial charge is 0.271 e. The minimum Gasteiger partial charge on any atom is -0.394 e. The average Bonchev–Trinajstić information content (AvgIpc) is 3.46. The molecule has 4 aromatic rings. The molecule has 0 spiro atoms. The largest absolute Gasteiger partial charge is 0.394 e. The third-order valence-corrected chi connectivity index (χ3v) is 9.09. The molecule has 44 heavy (non-hydrogen) atoms. The number of halogens is 1. The predicted molar refractivity (Wildman–Crippen MR) is 176 cm³/mol. The number of aliphatic hydroxyl groups is 1. The van der Waals surface area contributed by atoms with Crippen LogP contribution in [-0.2, 0) is 6.54 Å². The SMILES string of the molecule is Cc1cc(N2CCN(C(C)C)CC2)ccc1Nc1ncc(C)c(-c2cc3n(c2)CCN([C@H](CO)c2cccc(Cl)c2)C3=O)n1. The Bertz CT molecular complexity index is 1660. The highest BCUT2D eigenvalue weighted by Gasteiger charge is 2.32. The maximum atomic E-state index is 13.6. The van der Waals surface area contributed by atoms with Crippen molar-refractivity contribution in [2.24, 2.45) is 0 Å². The molecule has 6 rings (SSSR count). The first-order valence-electron chi connectivity index (χ1n) is 15.3. The van der Waals surface area contributed by atoms with Gasteiger partial charge in [0.15, 0.2) is 0 Å². The second-order valence-corrected chi connectivity index (χ2v) is 12.5. The fourth-order valence-electron chi connectivity index (χ4n) is 6.26. The third kappa shape index (κ3) is 6.04. The van der Waals surface area contributed by atoms with Crippen LogP contribution < -0.4 is 10.2 Å². The average molecular weight is 614 g/mol. The Hall–Kier alpha value is -3.92. The minimum atomic E-state index is -0.468. The molecule has 230 valence electrons. The zero-order valence-corrected chi connectivity index (χ0v) is 26.6. The lowest BCUT2D eigenvalue weighted by molar-refractivity contribution is 0.0526. The summed E-state index contributed by atoms with van der Waals surface area (Å²) in [6.07, 6.45) is 3.80. The first-order valence-corrected chi connectivity index (χ1v) is 15.7. The molecule has 1 saturated heterocycles. The van der Waals surface area contributed by atoms with Crippen molar-refractivity contribution in [3.8, 4) is 11.3 Å². The summed E-state index contributed by atoms with van der Waals surface area (Å²) in [7, 11) is 0. The highest BCUT2D eigenvalue weighted by molar-refractivity contribution is 6.30. The number of aliphatic hydroxyl groups excluding tert-OH is 1. The number of rotatable bonds is 8. The number of carbonyl (C=O) groups is 1. The monoisotopic (exact) mass is 613 g/mol. The number of hydrogen-bond acceptors (Lipinski definition) is 7. The van der Waals surface area contributed by atoms with Crippen molar-refractivity contribution in [2.45, 2.75) is 46.3 Å². The molecule has 1 amide bonds. The summed E-state index contributed by atoms with van der Waals surface area (Å²) >= 11 is 6.20. The standard InChI is InChI=1S/C34H40ClN7O2/c1-22(2)39-10-12-40(13-11-39)28-8-9-29(23(3)16-28)37-34-36-19-24(4)32(38-34)26-18-30-33(44)42(15-14-41(30)20-26)31(21-43)25-6-5-7-27(35)17-25/h5-9,16-20,22,31,43H,10-15,21H2,1-4H3,(H,36,37,38)/t31-/m1/s1. The lowest BCUT2D eigenvalue weighted by Crippen LogP contribution is -2.48. The van der Waals surface area contributed by atoms with Gasteiger partial charge in [-0.1, -0.05) is 23.7 Å². The molecule has 1 fully saturated rings. The van der Waals surface area contributed by atoms with Gasteiger partial charge in [-0.2, -0.15) is 0 Å². The van der Waals surface area contributed by atoms with Crippen molar-refractivity contribution in [1.29, 1.82) is 0 Å². The van der Waals surface area contributed by atoms with Crippen molar-refractivity contribution in [3.63, 3.8) is 0 Å². The van der Waals surface area contributed by atoms with Crippen molar-refractivity contribution >= 4 is 34.8 Å². The summed E-state index contributed by atoms with van der Waals surface area (Å²) < 4.78 is 1.97. The van der Waals surface area contributed by atoms with Gasteiger partial charge in [0, 0.05) is 79.7 Å². The van der Waals surface area contributed by atoms with Gasteiger partial charge in [0.05, 0.1) is 18.3 Å². The number of piperazine rings is 1. The van der Waals surface area contributed by atoms with E-state index in [1.807, 2.05) is 42.1 Å². The van der Waals surface area contributed by atoms with Crippen LogP contribution in [0.15, 0.2) is 60.9 Å². The molecule has 2 aromatic heterocycles. The van der Waals surface area contributed by atoms with Gasteiger partial charge in [-0.15, -0.1) is 0 Å². The third-order valence-electron chi connectivity index (χ3n) is 8.85. The lowest BCUT2D eigenvalue weighted by atomic mass is 10.0. The summed E-state index contributed by atoms with van der Waals surface area (Å²) in [5.41, 5.74) is 7.25. The minimum absolute atomic E-state index is 0.132. The Labute approximate surface area is 264 Å². The molecule has 2 aliphatic rings. The van der Waals surface area contributed by atoms with Crippen LogP contribution in [0.4, 0.5) is 17.3 Å². The Morgan fingerprint density at radius 2 is 1.77 bits per heavy atom. The number of carbonyl (C=O) groups excluding carboxylic acids is 1. The van der Waals surface area contributed by atoms with E-state index in [9.17, 15) is 9.90 Å². The Morgan fingerprint density at radius 3 is 2.48 bits per heavy atom. The number of benzene rings is 2. The molecule has 0 aliphatic carbocycles. The van der Waals surface area contributed by atoms with Crippen LogP contribution in [0, 0.1) is 13.8 Å². The first kappa shape index (κ1) is 30.1. The van der Waals surface area contributed by atoms with Gasteiger partial charge >= 0.3 is 0 Å². The van der Waals surface area contributed by atoms with Gasteiger partial charge in [-0.05, 0) is 80.8 Å². The van der Waals surface area contributed by atoms with E-state index in [4.69, 9.17) is 16.6 Å². The van der Waals surface area contributed by atoms with E-state index in [0.29, 0.717) is 35.8 Å². The summed E-state index contributed by atoms with van der Waals surface area (Å²) in [5, 5.41) is 14.2. The zero-order valence-electron chi connectivity index (χ0n) is 25.8. The fraction of sp³-hybridized carbons (Fsp3) is 0.382. The van der Waals surface area contributed by atoms with Gasteiger partial charge < -0.3 is 24.8 Å². The number of aryl methyl sites for hydroxylation is 2. The summed E-state index contributed by atoms with van der Waals surface area (Å²) in [4.78, 5) is 29.8. The van der Waals surface area contributed by atoms with E-state index in [-0.39, 0.29) is 12.5 Å². The molecule has 0 saturated carbocycles. The van der Waals surface area contributed by atoms with E-state index in [0.717, 1.165) is 59.8 Å².